The fourth-order valence-corrected chi connectivity index (χ4v) is 6.80. The van der Waals surface area contributed by atoms with Crippen molar-refractivity contribution >= 4 is 62.3 Å². The zero-order valence-corrected chi connectivity index (χ0v) is 26.4. The normalized spacial score (nSPS) is 14.7. The predicted octanol–water partition coefficient (Wildman–Crippen LogP) is 6.50. The van der Waals surface area contributed by atoms with Crippen molar-refractivity contribution in [3.05, 3.63) is 99.0 Å². The summed E-state index contributed by atoms with van der Waals surface area (Å²) in [6.07, 6.45) is 6.17. The lowest BCUT2D eigenvalue weighted by Gasteiger charge is -2.35. The van der Waals surface area contributed by atoms with Crippen molar-refractivity contribution in [3.8, 4) is 0 Å². The summed E-state index contributed by atoms with van der Waals surface area (Å²) in [6.45, 7) is -0.577. The van der Waals surface area contributed by atoms with Gasteiger partial charge in [-0.2, -0.15) is 0 Å². The van der Waals surface area contributed by atoms with Crippen LogP contribution in [-0.4, -0.2) is 50.0 Å². The molecule has 224 valence electrons. The smallest absolute Gasteiger partial charge is 0.244 e. The number of nitrogens with zero attached hydrogens (tertiary/aromatic N) is 2. The van der Waals surface area contributed by atoms with Crippen LogP contribution >= 0.6 is 34.8 Å². The maximum absolute atomic E-state index is 14.2. The second-order valence-corrected chi connectivity index (χ2v) is 13.7. The Labute approximate surface area is 262 Å². The number of benzene rings is 3. The molecule has 0 aliphatic heterocycles. The molecule has 1 N–H and O–H groups in total. The summed E-state index contributed by atoms with van der Waals surface area (Å²) in [5.41, 5.74) is 1.60. The molecule has 0 bridgehead atoms. The van der Waals surface area contributed by atoms with Gasteiger partial charge in [0.15, 0.2) is 0 Å². The van der Waals surface area contributed by atoms with E-state index in [-0.39, 0.29) is 35.6 Å². The van der Waals surface area contributed by atoms with Gasteiger partial charge in [-0.15, -0.1) is 0 Å². The van der Waals surface area contributed by atoms with Crippen molar-refractivity contribution in [1.29, 1.82) is 0 Å². The van der Waals surface area contributed by atoms with E-state index in [1.165, 1.54) is 23.1 Å². The topological polar surface area (TPSA) is 86.8 Å². The first-order valence-corrected chi connectivity index (χ1v) is 16.8. The fourth-order valence-electron chi connectivity index (χ4n) is 5.19. The van der Waals surface area contributed by atoms with Gasteiger partial charge in [0.1, 0.15) is 12.6 Å². The molecule has 11 heteroatoms. The zero-order valence-electron chi connectivity index (χ0n) is 23.3. The molecule has 4 rings (SSSR count). The van der Waals surface area contributed by atoms with E-state index in [4.69, 9.17) is 34.8 Å². The number of anilines is 1. The van der Waals surface area contributed by atoms with E-state index in [1.54, 1.807) is 24.3 Å². The van der Waals surface area contributed by atoms with Crippen LogP contribution in [0.1, 0.15) is 43.2 Å². The van der Waals surface area contributed by atoms with E-state index < -0.39 is 28.5 Å². The SMILES string of the molecule is CS(=O)(=O)N(CC(=O)N(Cc1ccccc1Cl)[C@@H](Cc1ccccc1)C(=O)NC1CCCCC1)c1ccc(Cl)cc1Cl. The molecular formula is C31H34Cl3N3O4S. The molecule has 0 unspecified atom stereocenters. The van der Waals surface area contributed by atoms with Gasteiger partial charge < -0.3 is 10.2 Å². The quantitative estimate of drug-likeness (QED) is 0.257. The first kappa shape index (κ1) is 32.1. The van der Waals surface area contributed by atoms with Crippen LogP contribution in [0.5, 0.6) is 0 Å². The van der Waals surface area contributed by atoms with Crippen molar-refractivity contribution in [1.82, 2.24) is 10.2 Å². The molecule has 0 aromatic heterocycles. The molecular weight excluding hydrogens is 617 g/mol. The van der Waals surface area contributed by atoms with Gasteiger partial charge in [-0.25, -0.2) is 8.42 Å². The molecule has 0 spiro atoms. The number of amides is 2. The molecule has 3 aromatic rings. The van der Waals surface area contributed by atoms with E-state index in [2.05, 4.69) is 5.32 Å². The summed E-state index contributed by atoms with van der Waals surface area (Å²) >= 11 is 18.9. The van der Waals surface area contributed by atoms with Crippen molar-refractivity contribution in [2.45, 2.75) is 57.2 Å². The Hall–Kier alpha value is -2.78. The second kappa shape index (κ2) is 14.6. The average Bonchev–Trinajstić information content (AvgIpc) is 2.95. The van der Waals surface area contributed by atoms with Crippen molar-refractivity contribution in [3.63, 3.8) is 0 Å². The summed E-state index contributed by atoms with van der Waals surface area (Å²) in [5.74, 6) is -0.868. The minimum Gasteiger partial charge on any atom is -0.352 e. The van der Waals surface area contributed by atoms with Gasteiger partial charge in [0.2, 0.25) is 21.8 Å². The summed E-state index contributed by atoms with van der Waals surface area (Å²) in [7, 11) is -3.96. The van der Waals surface area contributed by atoms with Crippen LogP contribution in [-0.2, 0) is 32.6 Å². The number of sulfonamides is 1. The highest BCUT2D eigenvalue weighted by Gasteiger charge is 2.34. The molecule has 42 heavy (non-hydrogen) atoms. The maximum Gasteiger partial charge on any atom is 0.244 e. The second-order valence-electron chi connectivity index (χ2n) is 10.5. The molecule has 7 nitrogen and oxygen atoms in total. The molecule has 2 amide bonds. The maximum atomic E-state index is 14.2. The standard InChI is InChI=1S/C31H34Cl3N3O4S/c1-42(40,41)37(28-17-16-24(32)19-27(28)34)21-30(38)36(20-23-12-8-9-15-26(23)33)29(18-22-10-4-2-5-11-22)31(39)35-25-13-6-3-7-14-25/h2,4-5,8-12,15-17,19,25,29H,3,6-7,13-14,18,20-21H2,1H3,(H,35,39)/t29-/m0/s1. The Bertz CT molecular complexity index is 1500. The number of rotatable bonds is 11. The van der Waals surface area contributed by atoms with Crippen LogP contribution in [0.25, 0.3) is 0 Å². The highest BCUT2D eigenvalue weighted by atomic mass is 35.5. The zero-order chi connectivity index (χ0) is 30.3. The fraction of sp³-hybridized carbons (Fsp3) is 0.355. The molecule has 1 atom stereocenters. The van der Waals surface area contributed by atoms with E-state index >= 15 is 0 Å². The number of hydrogen-bond acceptors (Lipinski definition) is 4. The van der Waals surface area contributed by atoms with Crippen LogP contribution in [0, 0.1) is 0 Å². The molecule has 0 saturated heterocycles. The third-order valence-electron chi connectivity index (χ3n) is 7.38. The third-order valence-corrected chi connectivity index (χ3v) is 9.41. The Morgan fingerprint density at radius 1 is 0.905 bits per heavy atom. The highest BCUT2D eigenvalue weighted by molar-refractivity contribution is 7.92. The minimum atomic E-state index is -3.96. The van der Waals surface area contributed by atoms with Crippen LogP contribution in [0.4, 0.5) is 5.69 Å². The molecule has 3 aromatic carbocycles. The molecule has 1 aliphatic carbocycles. The first-order chi connectivity index (χ1) is 20.0. The van der Waals surface area contributed by atoms with Gasteiger partial charge in [0.25, 0.3) is 0 Å². The summed E-state index contributed by atoms with van der Waals surface area (Å²) in [5, 5.41) is 4.01. The van der Waals surface area contributed by atoms with Crippen molar-refractivity contribution in [2.75, 3.05) is 17.1 Å². The summed E-state index contributed by atoms with van der Waals surface area (Å²) in [4.78, 5) is 29.6. The van der Waals surface area contributed by atoms with Gasteiger partial charge in [-0.1, -0.05) is 103 Å². The van der Waals surface area contributed by atoms with E-state index in [9.17, 15) is 18.0 Å². The minimum absolute atomic E-state index is 0.0000451. The Morgan fingerprint density at radius 2 is 1.57 bits per heavy atom. The van der Waals surface area contributed by atoms with E-state index in [0.29, 0.717) is 15.6 Å². The first-order valence-electron chi connectivity index (χ1n) is 13.8. The Kier molecular flexibility index (Phi) is 11.2. The molecule has 1 fully saturated rings. The number of hydrogen-bond donors (Lipinski definition) is 1. The van der Waals surface area contributed by atoms with Crippen LogP contribution in [0.15, 0.2) is 72.8 Å². The lowest BCUT2D eigenvalue weighted by molar-refractivity contribution is -0.140. The van der Waals surface area contributed by atoms with Gasteiger partial charge in [-0.05, 0) is 48.2 Å². The number of carbonyl (C=O) groups excluding carboxylic acids is 2. The van der Waals surface area contributed by atoms with E-state index in [0.717, 1.165) is 48.2 Å². The molecule has 1 saturated carbocycles. The van der Waals surface area contributed by atoms with E-state index in [1.807, 2.05) is 30.3 Å². The number of carbonyl (C=O) groups is 2. The average molecular weight is 651 g/mol. The lowest BCUT2D eigenvalue weighted by Crippen LogP contribution is -2.55. The number of halogens is 3. The van der Waals surface area contributed by atoms with Gasteiger partial charge >= 0.3 is 0 Å². The van der Waals surface area contributed by atoms with Gasteiger partial charge in [0.05, 0.1) is 17.0 Å². The third kappa shape index (κ3) is 8.63. The molecule has 0 radical (unpaired) electrons. The van der Waals surface area contributed by atoms with Crippen molar-refractivity contribution in [2.24, 2.45) is 0 Å². The van der Waals surface area contributed by atoms with Crippen LogP contribution < -0.4 is 9.62 Å². The Balaban J connectivity index is 1.74. The summed E-state index contributed by atoms with van der Waals surface area (Å²) in [6, 6.07) is 20.0. The molecule has 1 aliphatic rings. The van der Waals surface area contributed by atoms with Crippen LogP contribution in [0.2, 0.25) is 15.1 Å². The van der Waals surface area contributed by atoms with Gasteiger partial charge in [-0.3, -0.25) is 13.9 Å². The summed E-state index contributed by atoms with van der Waals surface area (Å²) < 4.78 is 26.9. The largest absolute Gasteiger partial charge is 0.352 e. The van der Waals surface area contributed by atoms with Crippen LogP contribution in [0.3, 0.4) is 0 Å². The van der Waals surface area contributed by atoms with Gasteiger partial charge in [0, 0.05) is 29.1 Å². The predicted molar refractivity (Wildman–Crippen MR) is 170 cm³/mol. The monoisotopic (exact) mass is 649 g/mol. The lowest BCUT2D eigenvalue weighted by atomic mass is 9.94. The number of nitrogens with one attached hydrogen (secondary N) is 1. The van der Waals surface area contributed by atoms with Crippen molar-refractivity contribution < 1.29 is 18.0 Å². The molecule has 0 heterocycles. The highest BCUT2D eigenvalue weighted by Crippen LogP contribution is 2.31. The Morgan fingerprint density at radius 3 is 2.21 bits per heavy atom.